The fourth-order valence-electron chi connectivity index (χ4n) is 4.00. The molecule has 0 atom stereocenters. The summed E-state index contributed by atoms with van der Waals surface area (Å²) < 4.78 is 2.27. The second-order valence-corrected chi connectivity index (χ2v) is 7.78. The van der Waals surface area contributed by atoms with Crippen LogP contribution in [0.1, 0.15) is 12.8 Å². The zero-order valence-electron chi connectivity index (χ0n) is 16.9. The van der Waals surface area contributed by atoms with Crippen molar-refractivity contribution >= 4 is 11.6 Å². The number of benzene rings is 2. The smallest absolute Gasteiger partial charge is 0.240 e. The fourth-order valence-corrected chi connectivity index (χ4v) is 4.00. The Kier molecular flexibility index (Phi) is 6.06. The Hall–Kier alpha value is -2.92. The Morgan fingerprint density at radius 1 is 1.03 bits per heavy atom. The molecule has 4 rings (SSSR count). The molecule has 0 N–H and O–H groups in total. The van der Waals surface area contributed by atoms with E-state index in [1.165, 1.54) is 0 Å². The third kappa shape index (κ3) is 4.74. The maximum atomic E-state index is 12.6. The zero-order valence-corrected chi connectivity index (χ0v) is 16.9. The molecule has 0 unspecified atom stereocenters. The van der Waals surface area contributed by atoms with Crippen molar-refractivity contribution in [3.8, 4) is 11.4 Å². The molecular weight excluding hydrogens is 360 g/mol. The summed E-state index contributed by atoms with van der Waals surface area (Å²) in [7, 11) is 1.86. The van der Waals surface area contributed by atoms with Gasteiger partial charge in [0.25, 0.3) is 0 Å². The molecule has 1 aliphatic rings. The lowest BCUT2D eigenvalue weighted by atomic mass is 9.96. The first-order chi connectivity index (χ1) is 14.2. The third-order valence-electron chi connectivity index (χ3n) is 5.79. The van der Waals surface area contributed by atoms with Crippen molar-refractivity contribution < 1.29 is 4.79 Å². The van der Waals surface area contributed by atoms with Gasteiger partial charge >= 0.3 is 0 Å². The monoisotopic (exact) mass is 388 g/mol. The molecule has 29 heavy (non-hydrogen) atoms. The van der Waals surface area contributed by atoms with Crippen LogP contribution in [0.2, 0.25) is 0 Å². The van der Waals surface area contributed by atoms with E-state index in [1.54, 1.807) is 4.90 Å². The van der Waals surface area contributed by atoms with Crippen LogP contribution in [0.25, 0.3) is 11.4 Å². The van der Waals surface area contributed by atoms with Crippen molar-refractivity contribution in [2.75, 3.05) is 31.6 Å². The number of carbonyl (C=O) groups excluding carboxylic acids is 1. The number of anilines is 1. The summed E-state index contributed by atoms with van der Waals surface area (Å²) in [6.07, 6.45) is 6.17. The van der Waals surface area contributed by atoms with Crippen molar-refractivity contribution in [3.63, 3.8) is 0 Å². The highest BCUT2D eigenvalue weighted by Gasteiger charge is 2.23. The van der Waals surface area contributed by atoms with Crippen LogP contribution in [0.3, 0.4) is 0 Å². The average Bonchev–Trinajstić information content (AvgIpc) is 3.24. The van der Waals surface area contributed by atoms with Crippen LogP contribution < -0.4 is 4.90 Å². The summed E-state index contributed by atoms with van der Waals surface area (Å²) in [5.41, 5.74) is 2.10. The van der Waals surface area contributed by atoms with E-state index in [2.05, 4.69) is 44.9 Å². The van der Waals surface area contributed by atoms with Gasteiger partial charge < -0.3 is 9.47 Å². The standard InChI is InChI=1S/C24H28N4O/c1-26(22-10-6-3-7-11-22)23(29)19-27-15-12-20(13-16-27)18-28-17-14-25-24(28)21-8-4-2-5-9-21/h2-11,14,17,20H,12-13,15-16,18-19H2,1H3. The van der Waals surface area contributed by atoms with Gasteiger partial charge in [0, 0.05) is 37.2 Å². The molecule has 5 heteroatoms. The highest BCUT2D eigenvalue weighted by atomic mass is 16.2. The molecular formula is C24H28N4O. The minimum absolute atomic E-state index is 0.149. The summed E-state index contributed by atoms with van der Waals surface area (Å²) >= 11 is 0. The van der Waals surface area contributed by atoms with E-state index in [4.69, 9.17) is 0 Å². The van der Waals surface area contributed by atoms with E-state index in [9.17, 15) is 4.79 Å². The first kappa shape index (κ1) is 19.4. The highest BCUT2D eigenvalue weighted by molar-refractivity contribution is 5.94. The van der Waals surface area contributed by atoms with Gasteiger partial charge in [0.2, 0.25) is 5.91 Å². The molecule has 1 amide bonds. The lowest BCUT2D eigenvalue weighted by Gasteiger charge is -2.32. The number of piperidine rings is 1. The Labute approximate surface area is 172 Å². The molecule has 0 spiro atoms. The Bertz CT molecular complexity index is 914. The lowest BCUT2D eigenvalue weighted by molar-refractivity contribution is -0.119. The van der Waals surface area contributed by atoms with E-state index >= 15 is 0 Å². The van der Waals surface area contributed by atoms with Gasteiger partial charge in [0.1, 0.15) is 5.82 Å². The van der Waals surface area contributed by atoms with Crippen molar-refractivity contribution in [2.24, 2.45) is 5.92 Å². The molecule has 0 saturated carbocycles. The van der Waals surface area contributed by atoms with Crippen LogP contribution in [0.4, 0.5) is 5.69 Å². The topological polar surface area (TPSA) is 41.4 Å². The number of aromatic nitrogens is 2. The number of nitrogens with zero attached hydrogens (tertiary/aromatic N) is 4. The first-order valence-electron chi connectivity index (χ1n) is 10.3. The number of rotatable bonds is 6. The minimum atomic E-state index is 0.149. The molecule has 150 valence electrons. The van der Waals surface area contributed by atoms with Gasteiger partial charge in [-0.05, 0) is 44.0 Å². The number of para-hydroxylation sites is 1. The number of amides is 1. The van der Waals surface area contributed by atoms with Crippen LogP contribution in [-0.2, 0) is 11.3 Å². The second-order valence-electron chi connectivity index (χ2n) is 7.78. The van der Waals surface area contributed by atoms with Gasteiger partial charge in [-0.15, -0.1) is 0 Å². The van der Waals surface area contributed by atoms with Gasteiger partial charge in [-0.3, -0.25) is 9.69 Å². The number of carbonyl (C=O) groups is 1. The molecule has 0 bridgehead atoms. The van der Waals surface area contributed by atoms with Crippen LogP contribution in [0, 0.1) is 5.92 Å². The van der Waals surface area contributed by atoms with Gasteiger partial charge in [-0.25, -0.2) is 4.98 Å². The van der Waals surface area contributed by atoms with Crippen molar-refractivity contribution in [2.45, 2.75) is 19.4 Å². The van der Waals surface area contributed by atoms with Crippen molar-refractivity contribution in [3.05, 3.63) is 73.1 Å². The number of imidazole rings is 1. The van der Waals surface area contributed by atoms with Gasteiger partial charge in [0.15, 0.2) is 0 Å². The normalized spacial score (nSPS) is 15.3. The zero-order chi connectivity index (χ0) is 20.1. The van der Waals surface area contributed by atoms with E-state index in [1.807, 2.05) is 49.6 Å². The Balaban J connectivity index is 1.29. The van der Waals surface area contributed by atoms with Crippen LogP contribution >= 0.6 is 0 Å². The van der Waals surface area contributed by atoms with E-state index in [0.717, 1.165) is 49.6 Å². The number of hydrogen-bond acceptors (Lipinski definition) is 3. The Morgan fingerprint density at radius 2 is 1.69 bits per heavy atom. The molecule has 1 fully saturated rings. The average molecular weight is 389 g/mol. The SMILES string of the molecule is CN(C(=O)CN1CCC(Cn2ccnc2-c2ccccc2)CC1)c1ccccc1. The molecule has 3 aromatic rings. The summed E-state index contributed by atoms with van der Waals surface area (Å²) in [4.78, 5) is 21.2. The maximum Gasteiger partial charge on any atom is 0.240 e. The van der Waals surface area contributed by atoms with Gasteiger partial charge in [-0.2, -0.15) is 0 Å². The summed E-state index contributed by atoms with van der Waals surface area (Å²) in [6.45, 7) is 3.40. The largest absolute Gasteiger partial charge is 0.331 e. The third-order valence-corrected chi connectivity index (χ3v) is 5.79. The highest BCUT2D eigenvalue weighted by Crippen LogP contribution is 2.23. The second kappa shape index (κ2) is 9.05. The van der Waals surface area contributed by atoms with Crippen LogP contribution in [0.5, 0.6) is 0 Å². The number of likely N-dealkylation sites (tertiary alicyclic amines) is 1. The molecule has 0 aliphatic carbocycles. The molecule has 1 aliphatic heterocycles. The molecule has 2 heterocycles. The molecule has 1 aromatic heterocycles. The van der Waals surface area contributed by atoms with Crippen LogP contribution in [0.15, 0.2) is 73.1 Å². The van der Waals surface area contributed by atoms with E-state index in [-0.39, 0.29) is 5.91 Å². The quantitative estimate of drug-likeness (QED) is 0.643. The summed E-state index contributed by atoms with van der Waals surface area (Å²) in [5, 5.41) is 0. The maximum absolute atomic E-state index is 12.6. The van der Waals surface area contributed by atoms with Crippen LogP contribution in [-0.4, -0.2) is 47.0 Å². The predicted molar refractivity (Wildman–Crippen MR) is 117 cm³/mol. The number of likely N-dealkylation sites (N-methyl/N-ethyl adjacent to an activating group) is 1. The fraction of sp³-hybridized carbons (Fsp3) is 0.333. The molecule has 2 aromatic carbocycles. The Morgan fingerprint density at radius 3 is 2.38 bits per heavy atom. The lowest BCUT2D eigenvalue weighted by Crippen LogP contribution is -2.42. The predicted octanol–water partition coefficient (Wildman–Crippen LogP) is 3.93. The van der Waals surface area contributed by atoms with E-state index < -0.39 is 0 Å². The van der Waals surface area contributed by atoms with E-state index in [0.29, 0.717) is 12.5 Å². The first-order valence-corrected chi connectivity index (χ1v) is 10.3. The van der Waals surface area contributed by atoms with Crippen molar-refractivity contribution in [1.29, 1.82) is 0 Å². The van der Waals surface area contributed by atoms with Gasteiger partial charge in [-0.1, -0.05) is 48.5 Å². The molecule has 5 nitrogen and oxygen atoms in total. The van der Waals surface area contributed by atoms with Crippen molar-refractivity contribution in [1.82, 2.24) is 14.5 Å². The van der Waals surface area contributed by atoms with Gasteiger partial charge in [0.05, 0.1) is 6.54 Å². The number of hydrogen-bond donors (Lipinski definition) is 0. The summed E-state index contributed by atoms with van der Waals surface area (Å²) in [6, 6.07) is 20.2. The summed E-state index contributed by atoms with van der Waals surface area (Å²) in [5.74, 6) is 1.80. The molecule has 1 saturated heterocycles. The minimum Gasteiger partial charge on any atom is -0.331 e. The molecule has 0 radical (unpaired) electrons.